The van der Waals surface area contributed by atoms with E-state index in [0.717, 1.165) is 0 Å². The lowest BCUT2D eigenvalue weighted by Gasteiger charge is -2.35. The molecule has 106 valence electrons. The van der Waals surface area contributed by atoms with Crippen molar-refractivity contribution < 1.29 is 14.4 Å². The number of ether oxygens (including phenoxy) is 2. The van der Waals surface area contributed by atoms with Crippen LogP contribution in [-0.2, 0) is 9.47 Å². The first-order valence-electron chi connectivity index (χ1n) is 6.14. The molecule has 1 aromatic carbocycles. The Morgan fingerprint density at radius 1 is 1.45 bits per heavy atom. The molecule has 1 N–H and O–H groups in total. The van der Waals surface area contributed by atoms with Gasteiger partial charge in [-0.15, -0.1) is 0 Å². The molecule has 0 aromatic heterocycles. The third kappa shape index (κ3) is 3.23. The van der Waals surface area contributed by atoms with E-state index in [-0.39, 0.29) is 17.3 Å². The Morgan fingerprint density at radius 2 is 2.10 bits per heavy atom. The van der Waals surface area contributed by atoms with E-state index in [1.807, 2.05) is 19.9 Å². The number of nitrogens with one attached hydrogen (secondary N) is 1. The first kappa shape index (κ1) is 14.2. The van der Waals surface area contributed by atoms with Crippen molar-refractivity contribution in [3.05, 3.63) is 33.9 Å². The van der Waals surface area contributed by atoms with Crippen molar-refractivity contribution in [2.45, 2.75) is 25.7 Å². The van der Waals surface area contributed by atoms with Crippen LogP contribution in [0.5, 0.6) is 0 Å². The minimum atomic E-state index is -0.630. The molecule has 0 aliphatic carbocycles. The molecule has 0 atom stereocenters. The van der Waals surface area contributed by atoms with Gasteiger partial charge in [0.15, 0.2) is 5.79 Å². The fraction of sp³-hybridized carbons (Fsp3) is 0.462. The Kier molecular flexibility index (Phi) is 3.88. The van der Waals surface area contributed by atoms with Gasteiger partial charge in [-0.05, 0) is 26.0 Å². The third-order valence-corrected chi connectivity index (χ3v) is 2.95. The minimum Gasteiger partial charge on any atom is -0.372 e. The predicted molar refractivity (Wildman–Crippen MR) is 71.2 cm³/mol. The number of benzene rings is 1. The zero-order valence-electron chi connectivity index (χ0n) is 11.3. The molecular formula is C13H15N3O4. The standard InChI is InChI=1S/C13H15N3O4/c1-13(2)19-7-10(8-20-13)15-11-4-3-9(6-14)5-12(11)16(17)18/h3-5,10,15H,7-8H2,1-2H3. The lowest BCUT2D eigenvalue weighted by molar-refractivity contribution is -0.384. The Balaban J connectivity index is 2.14. The van der Waals surface area contributed by atoms with E-state index in [2.05, 4.69) is 5.32 Å². The summed E-state index contributed by atoms with van der Waals surface area (Å²) in [5.41, 5.74) is 0.472. The molecule has 1 fully saturated rings. The third-order valence-electron chi connectivity index (χ3n) is 2.95. The summed E-state index contributed by atoms with van der Waals surface area (Å²) >= 11 is 0. The molecule has 0 spiro atoms. The van der Waals surface area contributed by atoms with Crippen molar-refractivity contribution >= 4 is 11.4 Å². The van der Waals surface area contributed by atoms with Gasteiger partial charge in [-0.2, -0.15) is 5.26 Å². The van der Waals surface area contributed by atoms with Gasteiger partial charge in [0, 0.05) is 6.07 Å². The summed E-state index contributed by atoms with van der Waals surface area (Å²) in [7, 11) is 0. The van der Waals surface area contributed by atoms with Crippen LogP contribution in [0.1, 0.15) is 19.4 Å². The number of rotatable bonds is 3. The van der Waals surface area contributed by atoms with E-state index in [9.17, 15) is 10.1 Å². The molecule has 0 bridgehead atoms. The molecule has 0 amide bonds. The number of nitriles is 1. The van der Waals surface area contributed by atoms with Gasteiger partial charge in [0.05, 0.1) is 35.8 Å². The fourth-order valence-corrected chi connectivity index (χ4v) is 1.87. The predicted octanol–water partition coefficient (Wildman–Crippen LogP) is 2.03. The summed E-state index contributed by atoms with van der Waals surface area (Å²) < 4.78 is 11.0. The second-order valence-electron chi connectivity index (χ2n) is 4.96. The second-order valence-corrected chi connectivity index (χ2v) is 4.96. The van der Waals surface area contributed by atoms with Crippen molar-refractivity contribution in [2.24, 2.45) is 0 Å². The molecule has 0 saturated carbocycles. The van der Waals surface area contributed by atoms with Crippen LogP contribution in [0, 0.1) is 21.4 Å². The van der Waals surface area contributed by atoms with E-state index in [4.69, 9.17) is 14.7 Å². The molecule has 0 unspecified atom stereocenters. The highest BCUT2D eigenvalue weighted by atomic mass is 16.7. The Labute approximate surface area is 116 Å². The number of nitro groups is 1. The van der Waals surface area contributed by atoms with Crippen molar-refractivity contribution in [1.29, 1.82) is 5.26 Å². The zero-order chi connectivity index (χ0) is 14.8. The maximum Gasteiger partial charge on any atom is 0.293 e. The molecule has 7 heteroatoms. The number of nitro benzene ring substituents is 1. The molecule has 7 nitrogen and oxygen atoms in total. The highest BCUT2D eigenvalue weighted by molar-refractivity contribution is 5.64. The SMILES string of the molecule is CC1(C)OCC(Nc2ccc(C#N)cc2[N+](=O)[O-])CO1. The number of nitrogens with zero attached hydrogens (tertiary/aromatic N) is 2. The quantitative estimate of drug-likeness (QED) is 0.670. The van der Waals surface area contributed by atoms with Gasteiger partial charge in [-0.1, -0.05) is 0 Å². The van der Waals surface area contributed by atoms with Gasteiger partial charge < -0.3 is 14.8 Å². The molecule has 0 radical (unpaired) electrons. The molecule has 1 aromatic rings. The Morgan fingerprint density at radius 3 is 2.65 bits per heavy atom. The normalized spacial score (nSPS) is 18.2. The molecule has 20 heavy (non-hydrogen) atoms. The van der Waals surface area contributed by atoms with Crippen LogP contribution in [0.25, 0.3) is 0 Å². The molecular weight excluding hydrogens is 262 g/mol. The summed E-state index contributed by atoms with van der Waals surface area (Å²) in [6.07, 6.45) is 0. The average molecular weight is 277 g/mol. The number of hydrogen-bond acceptors (Lipinski definition) is 6. The lowest BCUT2D eigenvalue weighted by atomic mass is 10.1. The molecule has 2 rings (SSSR count). The van der Waals surface area contributed by atoms with Crippen LogP contribution < -0.4 is 5.32 Å². The maximum absolute atomic E-state index is 11.0. The monoisotopic (exact) mass is 277 g/mol. The summed E-state index contributed by atoms with van der Waals surface area (Å²) in [6, 6.07) is 6.01. The first-order valence-corrected chi connectivity index (χ1v) is 6.14. The van der Waals surface area contributed by atoms with E-state index in [1.165, 1.54) is 18.2 Å². The van der Waals surface area contributed by atoms with Crippen molar-refractivity contribution in [3.63, 3.8) is 0 Å². The van der Waals surface area contributed by atoms with E-state index >= 15 is 0 Å². The summed E-state index contributed by atoms with van der Waals surface area (Å²) in [5.74, 6) is -0.630. The van der Waals surface area contributed by atoms with Crippen LogP contribution >= 0.6 is 0 Å². The Bertz CT molecular complexity index is 555. The smallest absolute Gasteiger partial charge is 0.293 e. The second kappa shape index (κ2) is 5.45. The van der Waals surface area contributed by atoms with E-state index < -0.39 is 10.7 Å². The fourth-order valence-electron chi connectivity index (χ4n) is 1.87. The van der Waals surface area contributed by atoms with Gasteiger partial charge in [0.2, 0.25) is 0 Å². The van der Waals surface area contributed by atoms with Crippen molar-refractivity contribution in [3.8, 4) is 6.07 Å². The molecule has 1 aliphatic heterocycles. The number of anilines is 1. The van der Waals surface area contributed by atoms with Crippen molar-refractivity contribution in [1.82, 2.24) is 0 Å². The van der Waals surface area contributed by atoms with Crippen LogP contribution in [0.2, 0.25) is 0 Å². The topological polar surface area (TPSA) is 97.4 Å². The summed E-state index contributed by atoms with van der Waals surface area (Å²) in [5, 5.41) is 22.8. The van der Waals surface area contributed by atoms with Gasteiger partial charge >= 0.3 is 0 Å². The van der Waals surface area contributed by atoms with Crippen LogP contribution in [0.15, 0.2) is 18.2 Å². The first-order chi connectivity index (χ1) is 9.41. The van der Waals surface area contributed by atoms with Gasteiger partial charge in [0.25, 0.3) is 5.69 Å². The van der Waals surface area contributed by atoms with E-state index in [1.54, 1.807) is 0 Å². The zero-order valence-corrected chi connectivity index (χ0v) is 11.3. The van der Waals surface area contributed by atoms with Crippen LogP contribution in [-0.4, -0.2) is 30.0 Å². The van der Waals surface area contributed by atoms with Crippen LogP contribution in [0.3, 0.4) is 0 Å². The van der Waals surface area contributed by atoms with Gasteiger partial charge in [0.1, 0.15) is 5.69 Å². The van der Waals surface area contributed by atoms with Crippen molar-refractivity contribution in [2.75, 3.05) is 18.5 Å². The Hall–Kier alpha value is -2.17. The van der Waals surface area contributed by atoms with Gasteiger partial charge in [-0.3, -0.25) is 10.1 Å². The molecule has 1 aliphatic rings. The maximum atomic E-state index is 11.0. The number of hydrogen-bond donors (Lipinski definition) is 1. The minimum absolute atomic E-state index is 0.131. The van der Waals surface area contributed by atoms with E-state index in [0.29, 0.717) is 18.9 Å². The summed E-state index contributed by atoms with van der Waals surface area (Å²) in [6.45, 7) is 4.41. The average Bonchev–Trinajstić information content (AvgIpc) is 2.41. The van der Waals surface area contributed by atoms with Crippen LogP contribution in [0.4, 0.5) is 11.4 Å². The largest absolute Gasteiger partial charge is 0.372 e. The highest BCUT2D eigenvalue weighted by Gasteiger charge is 2.29. The molecule has 1 heterocycles. The summed E-state index contributed by atoms with van der Waals surface area (Å²) in [4.78, 5) is 10.5. The lowest BCUT2D eigenvalue weighted by Crippen LogP contribution is -2.45. The highest BCUT2D eigenvalue weighted by Crippen LogP contribution is 2.27. The van der Waals surface area contributed by atoms with Gasteiger partial charge in [-0.25, -0.2) is 0 Å². The molecule has 1 saturated heterocycles.